The van der Waals surface area contributed by atoms with E-state index in [-0.39, 0.29) is 17.1 Å². The van der Waals surface area contributed by atoms with Crippen molar-refractivity contribution < 1.29 is 17.5 Å². The van der Waals surface area contributed by atoms with Crippen LogP contribution in [-0.2, 0) is 14.8 Å². The standard InChI is InChI=1S/C13H19FN2O3S/c1-9-6-10(14)11(15)7-12(9)20(17,18)16-8-13(2)4-3-5-19-13/h6-7,16H,3-5,8,15H2,1-2H3. The van der Waals surface area contributed by atoms with Crippen molar-refractivity contribution in [3.63, 3.8) is 0 Å². The van der Waals surface area contributed by atoms with Crippen molar-refractivity contribution in [3.8, 4) is 0 Å². The second-order valence-electron chi connectivity index (χ2n) is 5.37. The molecule has 7 heteroatoms. The van der Waals surface area contributed by atoms with E-state index in [4.69, 9.17) is 10.5 Å². The first-order chi connectivity index (χ1) is 9.23. The van der Waals surface area contributed by atoms with Gasteiger partial charge in [-0.3, -0.25) is 0 Å². The van der Waals surface area contributed by atoms with E-state index in [1.165, 1.54) is 6.92 Å². The van der Waals surface area contributed by atoms with Gasteiger partial charge in [-0.05, 0) is 44.4 Å². The number of ether oxygens (including phenoxy) is 1. The zero-order chi connectivity index (χ0) is 15.0. The number of benzene rings is 1. The summed E-state index contributed by atoms with van der Waals surface area (Å²) >= 11 is 0. The topological polar surface area (TPSA) is 81.4 Å². The van der Waals surface area contributed by atoms with Crippen molar-refractivity contribution in [1.82, 2.24) is 4.72 Å². The average molecular weight is 302 g/mol. The lowest BCUT2D eigenvalue weighted by molar-refractivity contribution is 0.0250. The number of hydrogen-bond donors (Lipinski definition) is 2. The van der Waals surface area contributed by atoms with Crippen molar-refractivity contribution in [2.24, 2.45) is 0 Å². The van der Waals surface area contributed by atoms with Gasteiger partial charge in [-0.25, -0.2) is 17.5 Å². The molecule has 1 aromatic rings. The minimum Gasteiger partial charge on any atom is -0.396 e. The third kappa shape index (κ3) is 3.11. The van der Waals surface area contributed by atoms with Crippen LogP contribution in [0.4, 0.5) is 10.1 Å². The molecule has 2 rings (SSSR count). The second kappa shape index (κ2) is 5.31. The zero-order valence-corrected chi connectivity index (χ0v) is 12.4. The van der Waals surface area contributed by atoms with Gasteiger partial charge in [-0.2, -0.15) is 0 Å². The van der Waals surface area contributed by atoms with Crippen LogP contribution in [0.25, 0.3) is 0 Å². The summed E-state index contributed by atoms with van der Waals surface area (Å²) in [5.74, 6) is -0.618. The Morgan fingerprint density at radius 3 is 2.80 bits per heavy atom. The van der Waals surface area contributed by atoms with Crippen molar-refractivity contribution in [3.05, 3.63) is 23.5 Å². The largest absolute Gasteiger partial charge is 0.396 e. The zero-order valence-electron chi connectivity index (χ0n) is 11.6. The SMILES string of the molecule is Cc1cc(F)c(N)cc1S(=O)(=O)NCC1(C)CCCO1. The van der Waals surface area contributed by atoms with E-state index in [0.29, 0.717) is 12.2 Å². The number of anilines is 1. The fraction of sp³-hybridized carbons (Fsp3) is 0.538. The summed E-state index contributed by atoms with van der Waals surface area (Å²) in [4.78, 5) is -0.00185. The summed E-state index contributed by atoms with van der Waals surface area (Å²) in [5, 5.41) is 0. The summed E-state index contributed by atoms with van der Waals surface area (Å²) in [6, 6.07) is 2.27. The van der Waals surface area contributed by atoms with Crippen LogP contribution < -0.4 is 10.5 Å². The lowest BCUT2D eigenvalue weighted by Gasteiger charge is -2.23. The number of nitrogens with two attached hydrogens (primary N) is 1. The van der Waals surface area contributed by atoms with Crippen LogP contribution >= 0.6 is 0 Å². The minimum atomic E-state index is -3.73. The van der Waals surface area contributed by atoms with E-state index in [2.05, 4.69) is 4.72 Å². The molecule has 1 aromatic carbocycles. The van der Waals surface area contributed by atoms with Crippen molar-refractivity contribution >= 4 is 15.7 Å². The molecule has 1 aliphatic heterocycles. The van der Waals surface area contributed by atoms with Gasteiger partial charge in [0.25, 0.3) is 0 Å². The molecule has 1 heterocycles. The highest BCUT2D eigenvalue weighted by atomic mass is 32.2. The second-order valence-corrected chi connectivity index (χ2v) is 7.10. The van der Waals surface area contributed by atoms with Gasteiger partial charge in [-0.1, -0.05) is 0 Å². The maximum atomic E-state index is 13.3. The first-order valence-corrected chi connectivity index (χ1v) is 7.91. The molecule has 0 amide bonds. The van der Waals surface area contributed by atoms with E-state index >= 15 is 0 Å². The van der Waals surface area contributed by atoms with Crippen LogP contribution in [-0.4, -0.2) is 27.2 Å². The van der Waals surface area contributed by atoms with Gasteiger partial charge in [0.05, 0.1) is 16.2 Å². The highest BCUT2D eigenvalue weighted by Crippen LogP contribution is 2.26. The van der Waals surface area contributed by atoms with Crippen LogP contribution in [0.2, 0.25) is 0 Å². The van der Waals surface area contributed by atoms with Gasteiger partial charge >= 0.3 is 0 Å². The molecule has 1 aliphatic rings. The van der Waals surface area contributed by atoms with Crippen molar-refractivity contribution in [2.75, 3.05) is 18.9 Å². The number of sulfonamides is 1. The number of aryl methyl sites for hydroxylation is 1. The maximum absolute atomic E-state index is 13.3. The van der Waals surface area contributed by atoms with Crippen LogP contribution in [0.1, 0.15) is 25.3 Å². The molecule has 0 radical (unpaired) electrons. The molecule has 1 fully saturated rings. The van der Waals surface area contributed by atoms with Gasteiger partial charge in [0.15, 0.2) is 0 Å². The van der Waals surface area contributed by atoms with Crippen molar-refractivity contribution in [1.29, 1.82) is 0 Å². The van der Waals surface area contributed by atoms with Gasteiger partial charge in [0.2, 0.25) is 10.0 Å². The van der Waals surface area contributed by atoms with Gasteiger partial charge in [-0.15, -0.1) is 0 Å². The number of halogens is 1. The molecule has 5 nitrogen and oxygen atoms in total. The first-order valence-electron chi connectivity index (χ1n) is 6.43. The Kier molecular flexibility index (Phi) is 4.04. The van der Waals surface area contributed by atoms with E-state index in [1.54, 1.807) is 0 Å². The Labute approximate surface area is 118 Å². The van der Waals surface area contributed by atoms with Crippen LogP contribution in [0.15, 0.2) is 17.0 Å². The average Bonchev–Trinajstić information content (AvgIpc) is 2.79. The molecular formula is C13H19FN2O3S. The predicted molar refractivity (Wildman–Crippen MR) is 74.3 cm³/mol. The van der Waals surface area contributed by atoms with Crippen LogP contribution in [0.5, 0.6) is 0 Å². The number of nitrogens with one attached hydrogen (secondary N) is 1. The summed E-state index contributed by atoms with van der Waals surface area (Å²) in [6.07, 6.45) is 1.72. The molecule has 0 aromatic heterocycles. The highest BCUT2D eigenvalue weighted by molar-refractivity contribution is 7.89. The van der Waals surface area contributed by atoms with E-state index in [9.17, 15) is 12.8 Å². The number of nitrogen functional groups attached to an aromatic ring is 1. The number of rotatable bonds is 4. The molecule has 0 bridgehead atoms. The lowest BCUT2D eigenvalue weighted by Crippen LogP contribution is -2.40. The molecule has 1 atom stereocenters. The summed E-state index contributed by atoms with van der Waals surface area (Å²) < 4.78 is 45.9. The Balaban J connectivity index is 2.20. The Morgan fingerprint density at radius 1 is 1.50 bits per heavy atom. The molecular weight excluding hydrogens is 283 g/mol. The lowest BCUT2D eigenvalue weighted by atomic mass is 10.0. The fourth-order valence-corrected chi connectivity index (χ4v) is 3.68. The summed E-state index contributed by atoms with van der Waals surface area (Å²) in [6.45, 7) is 4.23. The maximum Gasteiger partial charge on any atom is 0.241 e. The van der Waals surface area contributed by atoms with Crippen molar-refractivity contribution in [2.45, 2.75) is 37.2 Å². The van der Waals surface area contributed by atoms with Crippen LogP contribution in [0.3, 0.4) is 0 Å². The van der Waals surface area contributed by atoms with Gasteiger partial charge in [0, 0.05) is 13.2 Å². The van der Waals surface area contributed by atoms with E-state index in [0.717, 1.165) is 25.0 Å². The first kappa shape index (κ1) is 15.2. The predicted octanol–water partition coefficient (Wildman–Crippen LogP) is 1.56. The summed E-state index contributed by atoms with van der Waals surface area (Å²) in [5.41, 5.74) is 5.10. The van der Waals surface area contributed by atoms with Gasteiger partial charge < -0.3 is 10.5 Å². The molecule has 0 saturated carbocycles. The highest BCUT2D eigenvalue weighted by Gasteiger charge is 2.31. The fourth-order valence-electron chi connectivity index (χ4n) is 2.26. The van der Waals surface area contributed by atoms with Gasteiger partial charge in [0.1, 0.15) is 5.82 Å². The molecule has 0 aliphatic carbocycles. The molecule has 1 unspecified atom stereocenters. The third-order valence-electron chi connectivity index (χ3n) is 3.52. The molecule has 0 spiro atoms. The number of hydrogen-bond acceptors (Lipinski definition) is 4. The molecule has 112 valence electrons. The summed E-state index contributed by atoms with van der Waals surface area (Å²) in [7, 11) is -3.73. The quantitative estimate of drug-likeness (QED) is 0.827. The van der Waals surface area contributed by atoms with E-state index in [1.807, 2.05) is 6.92 Å². The molecule has 3 N–H and O–H groups in total. The Bertz CT molecular complexity index is 610. The van der Waals surface area contributed by atoms with E-state index < -0.39 is 21.4 Å². The smallest absolute Gasteiger partial charge is 0.241 e. The molecule has 1 saturated heterocycles. The normalized spacial score (nSPS) is 23.1. The Hall–Kier alpha value is -1.18. The van der Waals surface area contributed by atoms with Crippen LogP contribution in [0, 0.1) is 12.7 Å². The molecule has 20 heavy (non-hydrogen) atoms. The monoisotopic (exact) mass is 302 g/mol. The Morgan fingerprint density at radius 2 is 2.20 bits per heavy atom. The minimum absolute atomic E-state index is 0.00185. The third-order valence-corrected chi connectivity index (χ3v) is 5.06.